The molecule has 0 atom stereocenters. The van der Waals surface area contributed by atoms with Gasteiger partial charge in [0.15, 0.2) is 0 Å². The van der Waals surface area contributed by atoms with Gasteiger partial charge in [0.05, 0.1) is 0 Å². The molecule has 0 amide bonds. The van der Waals surface area contributed by atoms with E-state index in [9.17, 15) is 4.39 Å². The topological polar surface area (TPSA) is 0 Å². The minimum atomic E-state index is -0.0897. The van der Waals surface area contributed by atoms with Gasteiger partial charge in [-0.1, -0.05) is 63.5 Å². The van der Waals surface area contributed by atoms with Crippen molar-refractivity contribution in [3.05, 3.63) is 47.3 Å². The Bertz CT molecular complexity index is 564. The molecule has 0 bridgehead atoms. The molecule has 0 saturated heterocycles. The van der Waals surface area contributed by atoms with Crippen molar-refractivity contribution in [3.63, 3.8) is 0 Å². The van der Waals surface area contributed by atoms with Gasteiger partial charge in [-0.05, 0) is 50.4 Å². The third-order valence-corrected chi connectivity index (χ3v) is 6.76. The van der Waals surface area contributed by atoms with Crippen LogP contribution in [0.15, 0.2) is 24.3 Å². The summed E-state index contributed by atoms with van der Waals surface area (Å²) in [6.07, 6.45) is 18.3. The molecular formula is C24H34FLa-. The normalized spacial score (nSPS) is 29.5. The van der Waals surface area contributed by atoms with Crippen molar-refractivity contribution in [1.82, 2.24) is 0 Å². The second-order valence-electron chi connectivity index (χ2n) is 8.51. The van der Waals surface area contributed by atoms with E-state index in [1.165, 1.54) is 69.8 Å². The van der Waals surface area contributed by atoms with Crippen LogP contribution in [0.2, 0.25) is 0 Å². The largest absolute Gasteiger partial charge is 0.284 e. The first-order valence-electron chi connectivity index (χ1n) is 10.5. The molecule has 2 saturated carbocycles. The van der Waals surface area contributed by atoms with Crippen molar-refractivity contribution in [2.75, 3.05) is 0 Å². The predicted octanol–water partition coefficient (Wildman–Crippen LogP) is 7.37. The van der Waals surface area contributed by atoms with Crippen LogP contribution in [0.25, 0.3) is 0 Å². The Hall–Kier alpha value is 0.0848. The second-order valence-corrected chi connectivity index (χ2v) is 8.51. The summed E-state index contributed by atoms with van der Waals surface area (Å²) in [5, 5.41) is 0. The molecule has 141 valence electrons. The van der Waals surface area contributed by atoms with Gasteiger partial charge in [-0.2, -0.15) is 17.7 Å². The molecule has 3 rings (SSSR count). The Morgan fingerprint density at radius 1 is 1.00 bits per heavy atom. The summed E-state index contributed by atoms with van der Waals surface area (Å²) < 4.78 is 13.8. The molecule has 2 heteroatoms. The van der Waals surface area contributed by atoms with Gasteiger partial charge in [-0.3, -0.25) is 4.39 Å². The second kappa shape index (κ2) is 11.2. The van der Waals surface area contributed by atoms with Gasteiger partial charge in [0.25, 0.3) is 0 Å². The van der Waals surface area contributed by atoms with Crippen molar-refractivity contribution in [2.24, 2.45) is 17.8 Å². The van der Waals surface area contributed by atoms with Gasteiger partial charge >= 0.3 is 0 Å². The number of halogens is 1. The summed E-state index contributed by atoms with van der Waals surface area (Å²) >= 11 is 0. The van der Waals surface area contributed by atoms with Crippen LogP contribution in [0.5, 0.6) is 0 Å². The molecule has 0 N–H and O–H groups in total. The molecule has 1 aromatic carbocycles. The average Bonchev–Trinajstić information content (AvgIpc) is 2.64. The van der Waals surface area contributed by atoms with Gasteiger partial charge in [0, 0.05) is 41.4 Å². The van der Waals surface area contributed by atoms with Crippen molar-refractivity contribution in [2.45, 2.75) is 84.0 Å². The first-order chi connectivity index (χ1) is 12.2. The minimum Gasteiger partial charge on any atom is -0.284 e. The van der Waals surface area contributed by atoms with E-state index < -0.39 is 0 Å². The molecule has 0 aliphatic heterocycles. The van der Waals surface area contributed by atoms with Crippen LogP contribution in [0.1, 0.15) is 88.2 Å². The number of hydrogen-bond acceptors (Lipinski definition) is 0. The maximum atomic E-state index is 13.8. The molecule has 0 heterocycles. The molecule has 0 nitrogen and oxygen atoms in total. The van der Waals surface area contributed by atoms with Crippen LogP contribution >= 0.6 is 0 Å². The Balaban J connectivity index is 0.00000243. The number of allylic oxidation sites excluding steroid dienone is 2. The summed E-state index contributed by atoms with van der Waals surface area (Å²) in [5.74, 6) is 3.19. The fourth-order valence-electron chi connectivity index (χ4n) is 4.99. The quantitative estimate of drug-likeness (QED) is 0.305. The summed E-state index contributed by atoms with van der Waals surface area (Å²) in [6.45, 7) is 3.94. The molecular weight excluding hydrogens is 446 g/mol. The average molecular weight is 480 g/mol. The molecule has 26 heavy (non-hydrogen) atoms. The first kappa shape index (κ1) is 22.4. The van der Waals surface area contributed by atoms with Crippen LogP contribution in [-0.4, -0.2) is 0 Å². The van der Waals surface area contributed by atoms with Crippen LogP contribution in [0.3, 0.4) is 0 Å². The van der Waals surface area contributed by atoms with E-state index in [-0.39, 0.29) is 41.4 Å². The Morgan fingerprint density at radius 3 is 2.12 bits per heavy atom. The predicted molar refractivity (Wildman–Crippen MR) is 104 cm³/mol. The van der Waals surface area contributed by atoms with Crippen molar-refractivity contribution < 1.29 is 40.0 Å². The van der Waals surface area contributed by atoms with Crippen LogP contribution in [0, 0.1) is 72.2 Å². The maximum absolute atomic E-state index is 13.8. The molecule has 1 radical (unpaired) electrons. The number of benzene rings is 1. The molecule has 2 aliphatic carbocycles. The zero-order valence-corrected chi connectivity index (χ0v) is 20.3. The van der Waals surface area contributed by atoms with Gasteiger partial charge in [0.2, 0.25) is 0 Å². The smallest absolute Gasteiger partial charge is 0.0119 e. The number of aryl methyl sites for hydroxylation is 1. The third-order valence-electron chi connectivity index (χ3n) is 6.76. The molecule has 1 aromatic rings. The van der Waals surface area contributed by atoms with E-state index in [2.05, 4.69) is 25.1 Å². The summed E-state index contributed by atoms with van der Waals surface area (Å²) in [6, 6.07) is 6.85. The summed E-state index contributed by atoms with van der Waals surface area (Å²) in [5.41, 5.74) is 1.81. The van der Waals surface area contributed by atoms with Crippen LogP contribution in [-0.2, 0) is 0 Å². The molecule has 2 aliphatic rings. The minimum absolute atomic E-state index is 0. The Kier molecular flexibility index (Phi) is 9.62. The van der Waals surface area contributed by atoms with Gasteiger partial charge in [-0.25, -0.2) is 0 Å². The number of rotatable bonds is 5. The molecule has 2 fully saturated rings. The van der Waals surface area contributed by atoms with E-state index in [1.807, 2.05) is 6.07 Å². The van der Waals surface area contributed by atoms with Crippen molar-refractivity contribution in [1.29, 1.82) is 0 Å². The van der Waals surface area contributed by atoms with Crippen LogP contribution < -0.4 is 0 Å². The zero-order valence-electron chi connectivity index (χ0n) is 16.6. The summed E-state index contributed by atoms with van der Waals surface area (Å²) in [4.78, 5) is 0. The first-order valence-corrected chi connectivity index (χ1v) is 10.5. The van der Waals surface area contributed by atoms with Crippen LogP contribution in [0.4, 0.5) is 4.39 Å². The van der Waals surface area contributed by atoms with E-state index in [1.54, 1.807) is 13.0 Å². The van der Waals surface area contributed by atoms with Gasteiger partial charge in [0.1, 0.15) is 0 Å². The summed E-state index contributed by atoms with van der Waals surface area (Å²) in [7, 11) is 0. The van der Waals surface area contributed by atoms with Gasteiger partial charge in [-0.15, -0.1) is 11.6 Å². The molecule has 0 aromatic heterocycles. The Labute approximate surface area is 188 Å². The molecule has 0 spiro atoms. The molecule has 0 unspecified atom stereocenters. The van der Waals surface area contributed by atoms with E-state index in [4.69, 9.17) is 0 Å². The van der Waals surface area contributed by atoms with E-state index in [0.717, 1.165) is 17.8 Å². The van der Waals surface area contributed by atoms with E-state index >= 15 is 0 Å². The monoisotopic (exact) mass is 480 g/mol. The SMILES string of the molecule is C/C=C/C1CCC(CCC2CCC(c3c[c-]c(C)c(F)c3)CC2)CC1.[La]. The maximum Gasteiger partial charge on any atom is 0.0119 e. The number of hydrogen-bond donors (Lipinski definition) is 0. The fraction of sp³-hybridized carbons (Fsp3) is 0.667. The Morgan fingerprint density at radius 2 is 1.58 bits per heavy atom. The standard InChI is InChI=1S/C24H34F.La/c1-3-4-19-6-8-20(9-7-19)10-11-21-12-15-22(16-13-21)23-14-5-18(2)24(25)17-23;/h3-4,14,17,19-22H,6-13,15-16H2,1-2H3;/q-1;/b4-3+;. The van der Waals surface area contributed by atoms with Crippen molar-refractivity contribution >= 4 is 0 Å². The van der Waals surface area contributed by atoms with Crippen molar-refractivity contribution in [3.8, 4) is 0 Å². The fourth-order valence-corrected chi connectivity index (χ4v) is 4.99. The van der Waals surface area contributed by atoms with E-state index in [0.29, 0.717) is 11.5 Å². The zero-order chi connectivity index (χ0) is 17.6. The van der Waals surface area contributed by atoms with Gasteiger partial charge < -0.3 is 0 Å². The third kappa shape index (κ3) is 6.31.